The average Bonchev–Trinajstić information content (AvgIpc) is 2.58. The first-order valence-corrected chi connectivity index (χ1v) is 5.36. The van der Waals surface area contributed by atoms with Crippen LogP contribution in [0.1, 0.15) is 32.9 Å². The fourth-order valence-electron chi connectivity index (χ4n) is 1.41. The highest BCUT2D eigenvalue weighted by Gasteiger charge is 2.00. The molecule has 15 heavy (non-hydrogen) atoms. The fraction of sp³-hybridized carbons (Fsp3) is 0.636. The lowest BCUT2D eigenvalue weighted by molar-refractivity contribution is 0.595. The third-order valence-corrected chi connectivity index (χ3v) is 2.27. The number of aryl methyl sites for hydroxylation is 1. The van der Waals surface area contributed by atoms with Crippen molar-refractivity contribution < 1.29 is 0 Å². The van der Waals surface area contributed by atoms with E-state index in [9.17, 15) is 0 Å². The molecule has 1 aromatic heterocycles. The maximum atomic E-state index is 3.90. The van der Waals surface area contributed by atoms with E-state index in [4.69, 9.17) is 0 Å². The Bertz CT molecular complexity index is 325. The normalized spacial score (nSPS) is 12.5. The Morgan fingerprint density at radius 1 is 1.60 bits per heavy atom. The molecule has 4 heteroatoms. The lowest BCUT2D eigenvalue weighted by Gasteiger charge is -2.06. The van der Waals surface area contributed by atoms with Crippen molar-refractivity contribution in [2.45, 2.75) is 33.2 Å². The highest BCUT2D eigenvalue weighted by molar-refractivity contribution is 5.59. The van der Waals surface area contributed by atoms with Gasteiger partial charge in [0.05, 0.1) is 11.9 Å². The van der Waals surface area contributed by atoms with Crippen LogP contribution < -0.4 is 5.32 Å². The van der Waals surface area contributed by atoms with Crippen LogP contribution in [-0.2, 0) is 7.05 Å². The van der Waals surface area contributed by atoms with Gasteiger partial charge >= 0.3 is 0 Å². The Labute approximate surface area is 91.4 Å². The molecule has 0 saturated heterocycles. The van der Waals surface area contributed by atoms with Crippen molar-refractivity contribution >= 4 is 5.57 Å². The molecular weight excluding hydrogens is 188 g/mol. The Kier molecular flexibility index (Phi) is 4.49. The molecule has 0 radical (unpaired) electrons. The summed E-state index contributed by atoms with van der Waals surface area (Å²) in [5.74, 6) is 0. The zero-order chi connectivity index (χ0) is 11.3. The predicted molar refractivity (Wildman–Crippen MR) is 62.4 cm³/mol. The number of nitrogens with one attached hydrogen (secondary N) is 1. The van der Waals surface area contributed by atoms with Gasteiger partial charge in [-0.3, -0.25) is 0 Å². The van der Waals surface area contributed by atoms with Gasteiger partial charge in [-0.25, -0.2) is 4.68 Å². The minimum Gasteiger partial charge on any atom is -0.314 e. The van der Waals surface area contributed by atoms with Gasteiger partial charge in [0, 0.05) is 13.1 Å². The molecule has 0 aromatic carbocycles. The largest absolute Gasteiger partial charge is 0.314 e. The molecular formula is C11H20N4. The van der Waals surface area contributed by atoms with Crippen LogP contribution in [0.25, 0.3) is 5.57 Å². The minimum absolute atomic E-state index is 0.553. The van der Waals surface area contributed by atoms with Crippen molar-refractivity contribution in [2.24, 2.45) is 7.05 Å². The van der Waals surface area contributed by atoms with Gasteiger partial charge in [-0.05, 0) is 25.5 Å². The van der Waals surface area contributed by atoms with Gasteiger partial charge < -0.3 is 5.32 Å². The summed E-state index contributed by atoms with van der Waals surface area (Å²) in [7, 11) is 1.91. The Morgan fingerprint density at radius 2 is 2.33 bits per heavy atom. The van der Waals surface area contributed by atoms with Gasteiger partial charge in [0.25, 0.3) is 0 Å². The summed E-state index contributed by atoms with van der Waals surface area (Å²) in [4.78, 5) is 0. The van der Waals surface area contributed by atoms with E-state index in [0.29, 0.717) is 6.04 Å². The first-order chi connectivity index (χ1) is 7.11. The second-order valence-electron chi connectivity index (χ2n) is 4.03. The van der Waals surface area contributed by atoms with Crippen LogP contribution in [0, 0.1) is 0 Å². The Hall–Kier alpha value is -1.16. The SMILES string of the molecule is C/C(=C/CCNC(C)C)c1cnnn1C. The lowest BCUT2D eigenvalue weighted by atomic mass is 10.2. The highest BCUT2D eigenvalue weighted by atomic mass is 15.4. The Morgan fingerprint density at radius 3 is 2.87 bits per heavy atom. The monoisotopic (exact) mass is 208 g/mol. The number of aromatic nitrogens is 3. The summed E-state index contributed by atoms with van der Waals surface area (Å²) in [6.07, 6.45) is 5.05. The minimum atomic E-state index is 0.553. The van der Waals surface area contributed by atoms with Gasteiger partial charge in [0.2, 0.25) is 0 Å². The van der Waals surface area contributed by atoms with Crippen LogP contribution in [0.5, 0.6) is 0 Å². The van der Waals surface area contributed by atoms with Crippen LogP contribution in [0.15, 0.2) is 12.3 Å². The molecule has 1 rings (SSSR count). The van der Waals surface area contributed by atoms with E-state index in [2.05, 4.69) is 42.5 Å². The molecule has 0 aliphatic carbocycles. The molecule has 4 nitrogen and oxygen atoms in total. The standard InChI is InChI=1S/C11H20N4/c1-9(2)12-7-5-6-10(3)11-8-13-14-15(11)4/h6,8-9,12H,5,7H2,1-4H3/b10-6-. The topological polar surface area (TPSA) is 42.7 Å². The molecule has 84 valence electrons. The molecule has 1 heterocycles. The quantitative estimate of drug-likeness (QED) is 0.747. The van der Waals surface area contributed by atoms with E-state index in [-0.39, 0.29) is 0 Å². The van der Waals surface area contributed by atoms with E-state index in [0.717, 1.165) is 18.7 Å². The van der Waals surface area contributed by atoms with Gasteiger partial charge in [-0.1, -0.05) is 25.1 Å². The molecule has 0 aliphatic heterocycles. The zero-order valence-electron chi connectivity index (χ0n) is 9.99. The maximum Gasteiger partial charge on any atom is 0.0835 e. The summed E-state index contributed by atoms with van der Waals surface area (Å²) >= 11 is 0. The van der Waals surface area contributed by atoms with Gasteiger partial charge in [0.1, 0.15) is 0 Å². The van der Waals surface area contributed by atoms with Crippen molar-refractivity contribution in [3.63, 3.8) is 0 Å². The van der Waals surface area contributed by atoms with Gasteiger partial charge in [-0.2, -0.15) is 0 Å². The summed E-state index contributed by atoms with van der Waals surface area (Å²) in [6, 6.07) is 0.553. The first kappa shape index (κ1) is 11.9. The van der Waals surface area contributed by atoms with Crippen LogP contribution in [0.4, 0.5) is 0 Å². The molecule has 1 N–H and O–H groups in total. The first-order valence-electron chi connectivity index (χ1n) is 5.36. The predicted octanol–water partition coefficient (Wildman–Crippen LogP) is 1.61. The van der Waals surface area contributed by atoms with Crippen molar-refractivity contribution in [2.75, 3.05) is 6.54 Å². The molecule has 0 saturated carbocycles. The molecule has 0 unspecified atom stereocenters. The molecule has 0 amide bonds. The molecule has 0 bridgehead atoms. The average molecular weight is 208 g/mol. The van der Waals surface area contributed by atoms with Crippen molar-refractivity contribution in [3.05, 3.63) is 18.0 Å². The smallest absolute Gasteiger partial charge is 0.0835 e. The maximum absolute atomic E-state index is 3.90. The van der Waals surface area contributed by atoms with Crippen molar-refractivity contribution in [1.82, 2.24) is 20.3 Å². The zero-order valence-corrected chi connectivity index (χ0v) is 9.99. The molecule has 1 aromatic rings. The van der Waals surface area contributed by atoms with E-state index in [1.807, 2.05) is 7.05 Å². The lowest BCUT2D eigenvalue weighted by Crippen LogP contribution is -2.23. The van der Waals surface area contributed by atoms with Crippen LogP contribution in [-0.4, -0.2) is 27.6 Å². The fourth-order valence-corrected chi connectivity index (χ4v) is 1.41. The summed E-state index contributed by atoms with van der Waals surface area (Å²) in [6.45, 7) is 7.41. The van der Waals surface area contributed by atoms with Crippen LogP contribution in [0.2, 0.25) is 0 Å². The van der Waals surface area contributed by atoms with Crippen molar-refractivity contribution in [1.29, 1.82) is 0 Å². The van der Waals surface area contributed by atoms with Crippen molar-refractivity contribution in [3.8, 4) is 0 Å². The van der Waals surface area contributed by atoms with E-state index >= 15 is 0 Å². The molecule has 0 fully saturated rings. The second kappa shape index (κ2) is 5.66. The highest BCUT2D eigenvalue weighted by Crippen LogP contribution is 2.10. The summed E-state index contributed by atoms with van der Waals surface area (Å²) in [5, 5.41) is 11.1. The van der Waals surface area contributed by atoms with Crippen LogP contribution >= 0.6 is 0 Å². The second-order valence-corrected chi connectivity index (χ2v) is 4.03. The molecule has 0 aliphatic rings. The molecule has 0 atom stereocenters. The summed E-state index contributed by atoms with van der Waals surface area (Å²) < 4.78 is 1.79. The number of hydrogen-bond acceptors (Lipinski definition) is 3. The summed E-state index contributed by atoms with van der Waals surface area (Å²) in [5.41, 5.74) is 2.31. The van der Waals surface area contributed by atoms with Gasteiger partial charge in [-0.15, -0.1) is 5.10 Å². The third-order valence-electron chi connectivity index (χ3n) is 2.27. The van der Waals surface area contributed by atoms with Gasteiger partial charge in [0.15, 0.2) is 0 Å². The van der Waals surface area contributed by atoms with E-state index < -0.39 is 0 Å². The van der Waals surface area contributed by atoms with Crippen LogP contribution in [0.3, 0.4) is 0 Å². The number of nitrogens with zero attached hydrogens (tertiary/aromatic N) is 3. The number of hydrogen-bond donors (Lipinski definition) is 1. The number of allylic oxidation sites excluding steroid dienone is 1. The number of rotatable bonds is 5. The molecule has 0 spiro atoms. The third kappa shape index (κ3) is 3.83. The Balaban J connectivity index is 2.43. The van der Waals surface area contributed by atoms with E-state index in [1.54, 1.807) is 10.9 Å². The van der Waals surface area contributed by atoms with E-state index in [1.165, 1.54) is 5.57 Å².